The Kier molecular flexibility index (Phi) is 8.07. The summed E-state index contributed by atoms with van der Waals surface area (Å²) >= 11 is 0. The topological polar surface area (TPSA) is 12.6 Å². The Hall–Kier alpha value is -9.18. The maximum atomic E-state index is 2.46. The van der Waals surface area contributed by atoms with Crippen molar-refractivity contribution in [2.24, 2.45) is 0 Å². The average molecular weight is 876 g/mol. The molecule has 3 heteroatoms. The van der Waals surface area contributed by atoms with Gasteiger partial charge in [-0.15, -0.1) is 0 Å². The molecule has 0 saturated carbocycles. The lowest BCUT2D eigenvalue weighted by Gasteiger charge is -2.26. The third-order valence-electron chi connectivity index (χ3n) is 14.8. The highest BCUT2D eigenvalue weighted by molar-refractivity contribution is 6.26. The molecule has 0 aliphatic rings. The van der Waals surface area contributed by atoms with Gasteiger partial charge in [0.25, 0.3) is 0 Å². The number of aromatic nitrogens is 2. The van der Waals surface area contributed by atoms with Crippen LogP contribution >= 0.6 is 0 Å². The molecule has 0 bridgehead atoms. The van der Waals surface area contributed by atoms with Crippen molar-refractivity contribution in [3.63, 3.8) is 0 Å². The van der Waals surface area contributed by atoms with Gasteiger partial charge in [-0.3, -0.25) is 0 Å². The van der Waals surface area contributed by atoms with Gasteiger partial charge in [-0.25, -0.2) is 0 Å². The largest absolute Gasteiger partial charge is 0.311 e. The van der Waals surface area contributed by atoms with Crippen LogP contribution in [0.15, 0.2) is 249 Å². The van der Waals surface area contributed by atoms with Crippen LogP contribution in [-0.2, 0) is 0 Å². The maximum absolute atomic E-state index is 2.46. The van der Waals surface area contributed by atoms with Crippen LogP contribution in [0.5, 0.6) is 0 Å². The van der Waals surface area contributed by atoms with Crippen LogP contribution < -0.4 is 4.90 Å². The fourth-order valence-corrected chi connectivity index (χ4v) is 11.7. The zero-order valence-corrected chi connectivity index (χ0v) is 37.5. The second-order valence-electron chi connectivity index (χ2n) is 18.5. The minimum absolute atomic E-state index is 1.09. The number of hydrogen-bond acceptors (Lipinski definition) is 1. The van der Waals surface area contributed by atoms with Crippen molar-refractivity contribution in [2.75, 3.05) is 4.90 Å². The van der Waals surface area contributed by atoms with E-state index in [1.54, 1.807) is 0 Å². The van der Waals surface area contributed by atoms with Gasteiger partial charge in [0, 0.05) is 55.1 Å². The van der Waals surface area contributed by atoms with Crippen molar-refractivity contribution in [2.45, 2.75) is 0 Å². The van der Waals surface area contributed by atoms with Gasteiger partial charge in [-0.2, -0.15) is 0 Å². The van der Waals surface area contributed by atoms with Crippen LogP contribution in [0.3, 0.4) is 0 Å². The standard InChI is InChI=1S/C66H41N3/c1-2-14-52-50(12-1)51-13-3-4-15-53(51)61-40-44(28-38-54(52)61)42-24-30-46(31-25-42)67(48-34-36-49(37-35-48)68-62-21-8-5-16-55(62)56-17-6-9-22-63(56)68)47-32-26-43(27-33-47)45-29-39-58-60-20-11-19-59-57-18-7-10-23-64(57)69(66(59)60)65(58)41-45/h1-41H. The van der Waals surface area contributed by atoms with Gasteiger partial charge in [0.2, 0.25) is 0 Å². The van der Waals surface area contributed by atoms with E-state index in [-0.39, 0.29) is 0 Å². The van der Waals surface area contributed by atoms with Crippen molar-refractivity contribution in [3.8, 4) is 27.9 Å². The quantitative estimate of drug-likeness (QED) is 0.152. The molecule has 3 aromatic heterocycles. The Morgan fingerprint density at radius 3 is 1.13 bits per heavy atom. The first-order chi connectivity index (χ1) is 34.2. The number of benzene rings is 12. The molecule has 3 nitrogen and oxygen atoms in total. The van der Waals surface area contributed by atoms with E-state index >= 15 is 0 Å². The molecule has 0 atom stereocenters. The van der Waals surface area contributed by atoms with E-state index in [0.717, 1.165) is 22.7 Å². The van der Waals surface area contributed by atoms with Crippen LogP contribution in [-0.4, -0.2) is 8.97 Å². The van der Waals surface area contributed by atoms with E-state index in [4.69, 9.17) is 0 Å². The zero-order chi connectivity index (χ0) is 45.2. The molecule has 0 fully saturated rings. The van der Waals surface area contributed by atoms with E-state index in [1.165, 1.54) is 114 Å². The predicted octanol–water partition coefficient (Wildman–Crippen LogP) is 18.2. The molecule has 69 heavy (non-hydrogen) atoms. The molecule has 0 radical (unpaired) electrons. The molecule has 320 valence electrons. The summed E-state index contributed by atoms with van der Waals surface area (Å²) in [5, 5.41) is 15.4. The number of anilines is 3. The number of hydrogen-bond donors (Lipinski definition) is 0. The van der Waals surface area contributed by atoms with Gasteiger partial charge in [0.05, 0.1) is 27.6 Å². The third kappa shape index (κ3) is 5.62. The third-order valence-corrected chi connectivity index (χ3v) is 14.8. The smallest absolute Gasteiger partial charge is 0.0620 e. The van der Waals surface area contributed by atoms with E-state index in [2.05, 4.69) is 263 Å². The predicted molar refractivity (Wildman–Crippen MR) is 294 cm³/mol. The monoisotopic (exact) mass is 875 g/mol. The van der Waals surface area contributed by atoms with E-state index in [0.29, 0.717) is 0 Å². The minimum atomic E-state index is 1.09. The van der Waals surface area contributed by atoms with Gasteiger partial charge in [0.15, 0.2) is 0 Å². The molecule has 0 unspecified atom stereocenters. The number of fused-ring (bicyclic) bond motifs is 15. The molecular weight excluding hydrogens is 835 g/mol. The summed E-state index contributed by atoms with van der Waals surface area (Å²) in [6.07, 6.45) is 0. The van der Waals surface area contributed by atoms with Crippen LogP contribution in [0.1, 0.15) is 0 Å². The lowest BCUT2D eigenvalue weighted by molar-refractivity contribution is 1.17. The molecule has 0 aliphatic carbocycles. The normalized spacial score (nSPS) is 12.1. The van der Waals surface area contributed by atoms with Crippen LogP contribution in [0.25, 0.3) is 120 Å². The van der Waals surface area contributed by atoms with Crippen molar-refractivity contribution in [1.82, 2.24) is 8.97 Å². The average Bonchev–Trinajstić information content (AvgIpc) is 4.07. The highest BCUT2D eigenvalue weighted by Crippen LogP contribution is 2.43. The van der Waals surface area contributed by atoms with E-state index in [1.807, 2.05) is 0 Å². The second kappa shape index (κ2) is 14.7. The maximum Gasteiger partial charge on any atom is 0.0620 e. The molecule has 0 amide bonds. The van der Waals surface area contributed by atoms with Crippen molar-refractivity contribution < 1.29 is 0 Å². The van der Waals surface area contributed by atoms with Gasteiger partial charge in [-0.1, -0.05) is 170 Å². The molecule has 0 N–H and O–H groups in total. The lowest BCUT2D eigenvalue weighted by Crippen LogP contribution is -2.10. The van der Waals surface area contributed by atoms with Gasteiger partial charge in [-0.05, 0) is 133 Å². The molecule has 0 spiro atoms. The lowest BCUT2D eigenvalue weighted by atomic mass is 9.92. The molecular formula is C66H41N3. The second-order valence-corrected chi connectivity index (χ2v) is 18.5. The molecule has 15 aromatic rings. The number of rotatable bonds is 6. The van der Waals surface area contributed by atoms with Crippen LogP contribution in [0, 0.1) is 0 Å². The summed E-state index contributed by atoms with van der Waals surface area (Å²) < 4.78 is 4.85. The van der Waals surface area contributed by atoms with Crippen molar-refractivity contribution >= 4 is 109 Å². The summed E-state index contributed by atoms with van der Waals surface area (Å²) in [5.74, 6) is 0. The molecule has 0 saturated heterocycles. The Morgan fingerprint density at radius 1 is 0.232 bits per heavy atom. The van der Waals surface area contributed by atoms with Crippen molar-refractivity contribution in [3.05, 3.63) is 249 Å². The Bertz CT molecular complexity index is 4430. The zero-order valence-electron chi connectivity index (χ0n) is 37.5. The molecule has 3 heterocycles. The first-order valence-corrected chi connectivity index (χ1v) is 23.8. The van der Waals surface area contributed by atoms with Crippen molar-refractivity contribution in [1.29, 1.82) is 0 Å². The number of para-hydroxylation sites is 4. The molecule has 12 aromatic carbocycles. The van der Waals surface area contributed by atoms with Crippen LogP contribution in [0.2, 0.25) is 0 Å². The van der Waals surface area contributed by atoms with Crippen LogP contribution in [0.4, 0.5) is 17.1 Å². The summed E-state index contributed by atoms with van der Waals surface area (Å²) in [7, 11) is 0. The van der Waals surface area contributed by atoms with Gasteiger partial charge < -0.3 is 13.9 Å². The molecule has 0 aliphatic heterocycles. The number of nitrogens with zero attached hydrogens (tertiary/aromatic N) is 3. The first kappa shape index (κ1) is 38.0. The SMILES string of the molecule is c1ccc2c(c1)c1ccccc1c1cc(-c3ccc(N(c4ccc(-c5ccc6c7cccc8c9ccccc9n(c6c5)c87)cc4)c4ccc(-n5c6ccccc6c6ccccc65)cc4)cc3)ccc21. The fraction of sp³-hybridized carbons (Fsp3) is 0. The van der Waals surface area contributed by atoms with Gasteiger partial charge >= 0.3 is 0 Å². The first-order valence-electron chi connectivity index (χ1n) is 23.8. The minimum Gasteiger partial charge on any atom is -0.311 e. The Balaban J connectivity index is 0.844. The highest BCUT2D eigenvalue weighted by atomic mass is 15.1. The van der Waals surface area contributed by atoms with Gasteiger partial charge in [0.1, 0.15) is 0 Å². The summed E-state index contributed by atoms with van der Waals surface area (Å²) in [6, 6.07) is 91.7. The van der Waals surface area contributed by atoms with E-state index in [9.17, 15) is 0 Å². The van der Waals surface area contributed by atoms with E-state index < -0.39 is 0 Å². The fourth-order valence-electron chi connectivity index (χ4n) is 11.7. The summed E-state index contributed by atoms with van der Waals surface area (Å²) in [6.45, 7) is 0. The Labute approximate surface area is 397 Å². The summed E-state index contributed by atoms with van der Waals surface area (Å²) in [4.78, 5) is 2.38. The summed E-state index contributed by atoms with van der Waals surface area (Å²) in [5.41, 5.74) is 15.3. The Morgan fingerprint density at radius 2 is 0.594 bits per heavy atom. The molecule has 15 rings (SSSR count). The highest BCUT2D eigenvalue weighted by Gasteiger charge is 2.19.